The minimum atomic E-state index is -1.30. The van der Waals surface area contributed by atoms with Gasteiger partial charge in [0.05, 0.1) is 19.7 Å². The van der Waals surface area contributed by atoms with Crippen LogP contribution in [0.1, 0.15) is 12.8 Å². The number of aliphatic imine (C=N–C) groups is 3. The van der Waals surface area contributed by atoms with E-state index in [1.54, 1.807) is 0 Å². The molecule has 8 nitrogen and oxygen atoms in total. The van der Waals surface area contributed by atoms with Gasteiger partial charge < -0.3 is 9.84 Å². The number of aliphatic hydroxyl groups is 1. The summed E-state index contributed by atoms with van der Waals surface area (Å²) in [4.78, 5) is 39.7. The number of carbonyl (C=O) groups excluding carboxylic acids is 3. The van der Waals surface area contributed by atoms with E-state index in [1.165, 1.54) is 18.2 Å². The zero-order valence-electron chi connectivity index (χ0n) is 9.61. The molecule has 0 aliphatic rings. The second-order valence-corrected chi connectivity index (χ2v) is 3.14. The van der Waals surface area contributed by atoms with Crippen molar-refractivity contribution in [2.45, 2.75) is 25.2 Å². The number of nitrogens with zero attached hydrogens (tertiary/aromatic N) is 3. The Morgan fingerprint density at radius 3 is 2.33 bits per heavy atom. The molecular formula is C10H13N3O5. The highest BCUT2D eigenvalue weighted by Gasteiger charge is 2.18. The van der Waals surface area contributed by atoms with Gasteiger partial charge in [-0.2, -0.15) is 4.99 Å². The fourth-order valence-electron chi connectivity index (χ4n) is 1.14. The van der Waals surface area contributed by atoms with E-state index in [2.05, 4.69) is 15.0 Å². The van der Waals surface area contributed by atoms with Crippen LogP contribution < -0.4 is 0 Å². The van der Waals surface area contributed by atoms with Gasteiger partial charge in [-0.05, 0) is 12.8 Å². The lowest BCUT2D eigenvalue weighted by atomic mass is 10.1. The van der Waals surface area contributed by atoms with Gasteiger partial charge in [0, 0.05) is 0 Å². The fourth-order valence-corrected chi connectivity index (χ4v) is 1.14. The summed E-state index contributed by atoms with van der Waals surface area (Å²) in [5.74, 6) is 0. The molecule has 0 rings (SSSR count). The summed E-state index contributed by atoms with van der Waals surface area (Å²) >= 11 is 0. The fraction of sp³-hybridized carbons (Fsp3) is 0.700. The molecular weight excluding hydrogens is 242 g/mol. The molecule has 0 amide bonds. The van der Waals surface area contributed by atoms with Gasteiger partial charge in [0.2, 0.25) is 18.2 Å². The molecule has 18 heavy (non-hydrogen) atoms. The predicted molar refractivity (Wildman–Crippen MR) is 59.1 cm³/mol. The quantitative estimate of drug-likeness (QED) is 0.244. The van der Waals surface area contributed by atoms with Gasteiger partial charge in [0.15, 0.2) is 6.29 Å². The number of rotatable bonds is 10. The van der Waals surface area contributed by atoms with Crippen molar-refractivity contribution in [3.63, 3.8) is 0 Å². The minimum Gasteiger partial charge on any atom is -0.366 e. The highest BCUT2D eigenvalue weighted by atomic mass is 16.6. The SMILES string of the molecule is O=C=NCCCC(N=C=O)C(O)OCCN=C=O. The number of hydrogen-bond donors (Lipinski definition) is 1. The Hall–Kier alpha value is -1.94. The average molecular weight is 255 g/mol. The molecule has 0 saturated carbocycles. The van der Waals surface area contributed by atoms with Crippen LogP contribution in [0.4, 0.5) is 0 Å². The lowest BCUT2D eigenvalue weighted by Gasteiger charge is -2.17. The van der Waals surface area contributed by atoms with Gasteiger partial charge >= 0.3 is 0 Å². The van der Waals surface area contributed by atoms with Gasteiger partial charge in [-0.25, -0.2) is 24.4 Å². The molecule has 0 aromatic rings. The van der Waals surface area contributed by atoms with Crippen LogP contribution in [0.15, 0.2) is 15.0 Å². The first-order chi connectivity index (χ1) is 8.76. The van der Waals surface area contributed by atoms with Gasteiger partial charge in [0.1, 0.15) is 6.04 Å². The maximum atomic E-state index is 10.2. The molecule has 0 fully saturated rings. The van der Waals surface area contributed by atoms with Crippen molar-refractivity contribution in [2.24, 2.45) is 15.0 Å². The summed E-state index contributed by atoms with van der Waals surface area (Å²) in [5.41, 5.74) is 0. The molecule has 2 unspecified atom stereocenters. The summed E-state index contributed by atoms with van der Waals surface area (Å²) < 4.78 is 4.92. The Kier molecular flexibility index (Phi) is 10.3. The number of hydrogen-bond acceptors (Lipinski definition) is 8. The van der Waals surface area contributed by atoms with E-state index in [-0.39, 0.29) is 19.7 Å². The largest absolute Gasteiger partial charge is 0.366 e. The third kappa shape index (κ3) is 8.24. The molecule has 0 spiro atoms. The monoisotopic (exact) mass is 255 g/mol. The first kappa shape index (κ1) is 16.1. The molecule has 0 saturated heterocycles. The van der Waals surface area contributed by atoms with Gasteiger partial charge in [-0.3, -0.25) is 0 Å². The van der Waals surface area contributed by atoms with Crippen LogP contribution in [-0.4, -0.2) is 55.4 Å². The van der Waals surface area contributed by atoms with Gasteiger partial charge in [-0.15, -0.1) is 0 Å². The summed E-state index contributed by atoms with van der Waals surface area (Å²) in [6, 6.07) is -0.787. The van der Waals surface area contributed by atoms with Crippen LogP contribution in [-0.2, 0) is 19.1 Å². The molecule has 0 aromatic heterocycles. The van der Waals surface area contributed by atoms with Crippen molar-refractivity contribution in [3.05, 3.63) is 0 Å². The Morgan fingerprint density at radius 2 is 1.72 bits per heavy atom. The minimum absolute atomic E-state index is 0.00771. The smallest absolute Gasteiger partial charge is 0.235 e. The Morgan fingerprint density at radius 1 is 1.06 bits per heavy atom. The van der Waals surface area contributed by atoms with Crippen LogP contribution in [0.2, 0.25) is 0 Å². The first-order valence-corrected chi connectivity index (χ1v) is 5.20. The van der Waals surface area contributed by atoms with E-state index in [0.717, 1.165) is 0 Å². The van der Waals surface area contributed by atoms with Gasteiger partial charge in [-0.1, -0.05) is 0 Å². The van der Waals surface area contributed by atoms with Crippen LogP contribution >= 0.6 is 0 Å². The van der Waals surface area contributed by atoms with Crippen LogP contribution in [0.5, 0.6) is 0 Å². The third-order valence-corrected chi connectivity index (χ3v) is 1.94. The standard InChI is InChI=1S/C10H13N3O5/c14-6-11-3-1-2-9(13-8-16)10(17)18-5-4-12-7-15/h9-10,17H,1-5H2. The third-order valence-electron chi connectivity index (χ3n) is 1.94. The second-order valence-electron chi connectivity index (χ2n) is 3.14. The molecule has 0 aliphatic carbocycles. The maximum Gasteiger partial charge on any atom is 0.235 e. The zero-order chi connectivity index (χ0) is 13.6. The molecule has 0 aliphatic heterocycles. The normalized spacial score (nSPS) is 12.5. The van der Waals surface area contributed by atoms with E-state index in [0.29, 0.717) is 12.8 Å². The predicted octanol–water partition coefficient (Wildman–Crippen LogP) is -0.522. The van der Waals surface area contributed by atoms with Crippen molar-refractivity contribution in [1.82, 2.24) is 0 Å². The van der Waals surface area contributed by atoms with E-state index < -0.39 is 12.3 Å². The molecule has 0 radical (unpaired) electrons. The number of aliphatic hydroxyl groups excluding tert-OH is 1. The molecule has 0 heterocycles. The van der Waals surface area contributed by atoms with Crippen molar-refractivity contribution in [3.8, 4) is 0 Å². The Balaban J connectivity index is 4.08. The summed E-state index contributed by atoms with van der Waals surface area (Å²) in [6.07, 6.45) is 3.48. The van der Waals surface area contributed by atoms with E-state index in [4.69, 9.17) is 4.74 Å². The summed E-state index contributed by atoms with van der Waals surface area (Å²) in [7, 11) is 0. The van der Waals surface area contributed by atoms with E-state index in [1.807, 2.05) is 0 Å². The summed E-state index contributed by atoms with van der Waals surface area (Å²) in [5, 5.41) is 9.55. The molecule has 0 aromatic carbocycles. The number of ether oxygens (including phenoxy) is 1. The molecule has 0 bridgehead atoms. The highest BCUT2D eigenvalue weighted by Crippen LogP contribution is 2.08. The molecule has 98 valence electrons. The first-order valence-electron chi connectivity index (χ1n) is 5.20. The van der Waals surface area contributed by atoms with Crippen molar-refractivity contribution >= 4 is 18.2 Å². The Bertz CT molecular complexity index is 368. The zero-order valence-corrected chi connectivity index (χ0v) is 9.61. The van der Waals surface area contributed by atoms with E-state index >= 15 is 0 Å². The Labute approximate surface area is 103 Å². The number of isocyanates is 3. The highest BCUT2D eigenvalue weighted by molar-refractivity contribution is 5.34. The van der Waals surface area contributed by atoms with Crippen molar-refractivity contribution in [2.75, 3.05) is 19.7 Å². The lowest BCUT2D eigenvalue weighted by Crippen LogP contribution is -2.28. The van der Waals surface area contributed by atoms with Crippen LogP contribution in [0.25, 0.3) is 0 Å². The lowest BCUT2D eigenvalue weighted by molar-refractivity contribution is -0.111. The average Bonchev–Trinajstić information content (AvgIpc) is 2.38. The molecule has 2 atom stereocenters. The van der Waals surface area contributed by atoms with Crippen LogP contribution in [0, 0.1) is 0 Å². The molecule has 8 heteroatoms. The maximum absolute atomic E-state index is 10.2. The van der Waals surface area contributed by atoms with E-state index in [9.17, 15) is 19.5 Å². The van der Waals surface area contributed by atoms with Crippen LogP contribution in [0.3, 0.4) is 0 Å². The molecule has 1 N–H and O–H groups in total. The van der Waals surface area contributed by atoms with Crippen molar-refractivity contribution in [1.29, 1.82) is 0 Å². The summed E-state index contributed by atoms with van der Waals surface area (Å²) in [6.45, 7) is 0.303. The topological polar surface area (TPSA) is 118 Å². The second kappa shape index (κ2) is 11.5. The van der Waals surface area contributed by atoms with Crippen molar-refractivity contribution < 1.29 is 24.2 Å². The van der Waals surface area contributed by atoms with Gasteiger partial charge in [0.25, 0.3) is 0 Å².